The van der Waals surface area contributed by atoms with Crippen LogP contribution < -0.4 is 4.74 Å². The lowest BCUT2D eigenvalue weighted by atomic mass is 9.96. The average Bonchev–Trinajstić information content (AvgIpc) is 3.08. The van der Waals surface area contributed by atoms with Gasteiger partial charge in [0.15, 0.2) is 0 Å². The maximum atomic E-state index is 13.0. The van der Waals surface area contributed by atoms with E-state index < -0.39 is 17.7 Å². The highest BCUT2D eigenvalue weighted by Gasteiger charge is 2.46. The van der Waals surface area contributed by atoms with Crippen LogP contribution in [0.15, 0.2) is 67.0 Å². The van der Waals surface area contributed by atoms with Crippen molar-refractivity contribution < 1.29 is 19.4 Å². The van der Waals surface area contributed by atoms with Crippen molar-refractivity contribution in [3.05, 3.63) is 78.1 Å². The molecule has 2 aromatic rings. The van der Waals surface area contributed by atoms with Crippen LogP contribution in [0.4, 0.5) is 0 Å². The fourth-order valence-corrected chi connectivity index (χ4v) is 3.80. The van der Waals surface area contributed by atoms with Crippen LogP contribution in [-0.2, 0) is 9.59 Å². The van der Waals surface area contributed by atoms with Crippen molar-refractivity contribution in [3.8, 4) is 5.75 Å². The van der Waals surface area contributed by atoms with E-state index in [4.69, 9.17) is 4.74 Å². The van der Waals surface area contributed by atoms with Crippen LogP contribution in [0.1, 0.15) is 31.0 Å². The molecule has 7 nitrogen and oxygen atoms in total. The molecule has 168 valence electrons. The number of likely N-dealkylation sites (N-methyl/N-ethyl adjacent to an activating group) is 1. The molecule has 7 heteroatoms. The molecule has 1 saturated heterocycles. The lowest BCUT2D eigenvalue weighted by Gasteiger charge is -2.28. The van der Waals surface area contributed by atoms with Gasteiger partial charge in [0.1, 0.15) is 18.1 Å². The summed E-state index contributed by atoms with van der Waals surface area (Å²) in [5.74, 6) is -0.899. The standard InChI is InChI=1S/C25H29N3O4/c1-4-16-32-20-11-9-18(10-12-20)23(29)21-22(19-8-7-13-26-17-19)28(25(31)24(21)30)15-14-27(5-2)6-3/h4,7-13,17,22,29H,1,5-6,14-16H2,2-3H3/t22-/m1/s1. The smallest absolute Gasteiger partial charge is 0.295 e. The van der Waals surface area contributed by atoms with Crippen LogP contribution >= 0.6 is 0 Å². The highest BCUT2D eigenvalue weighted by Crippen LogP contribution is 2.39. The molecule has 0 spiro atoms. The van der Waals surface area contributed by atoms with E-state index in [0.717, 1.165) is 13.1 Å². The zero-order valence-electron chi connectivity index (χ0n) is 18.5. The molecule has 0 radical (unpaired) electrons. The number of carbonyl (C=O) groups excluding carboxylic acids is 2. The summed E-state index contributed by atoms with van der Waals surface area (Å²) in [6.07, 6.45) is 4.90. The Morgan fingerprint density at radius 3 is 2.53 bits per heavy atom. The third-order valence-corrected chi connectivity index (χ3v) is 5.59. The van der Waals surface area contributed by atoms with Gasteiger partial charge >= 0.3 is 0 Å². The molecule has 2 heterocycles. The molecular weight excluding hydrogens is 406 g/mol. The molecule has 3 rings (SSSR count). The van der Waals surface area contributed by atoms with Crippen molar-refractivity contribution in [1.82, 2.24) is 14.8 Å². The third kappa shape index (κ3) is 4.89. The van der Waals surface area contributed by atoms with Gasteiger partial charge in [0, 0.05) is 31.0 Å². The number of likely N-dealkylation sites (tertiary alicyclic amines) is 1. The van der Waals surface area contributed by atoms with E-state index in [1.54, 1.807) is 48.8 Å². The summed E-state index contributed by atoms with van der Waals surface area (Å²) in [6, 6.07) is 9.60. The Balaban J connectivity index is 2.00. The minimum Gasteiger partial charge on any atom is -0.507 e. The van der Waals surface area contributed by atoms with Crippen molar-refractivity contribution in [2.45, 2.75) is 19.9 Å². The fourth-order valence-electron chi connectivity index (χ4n) is 3.80. The van der Waals surface area contributed by atoms with Crippen LogP contribution in [0, 0.1) is 0 Å². The first-order valence-corrected chi connectivity index (χ1v) is 10.8. The van der Waals surface area contributed by atoms with Gasteiger partial charge in [-0.2, -0.15) is 0 Å². The minimum absolute atomic E-state index is 0.0716. The van der Waals surface area contributed by atoms with Crippen LogP contribution in [0.2, 0.25) is 0 Å². The number of aliphatic hydroxyl groups is 1. The number of carbonyl (C=O) groups is 2. The van der Waals surface area contributed by atoms with E-state index in [9.17, 15) is 14.7 Å². The quantitative estimate of drug-likeness (QED) is 0.267. The fraction of sp³-hybridized carbons (Fsp3) is 0.320. The van der Waals surface area contributed by atoms with Crippen molar-refractivity contribution in [2.24, 2.45) is 0 Å². The summed E-state index contributed by atoms with van der Waals surface area (Å²) in [5, 5.41) is 11.1. The Bertz CT molecular complexity index is 982. The van der Waals surface area contributed by atoms with E-state index in [0.29, 0.717) is 36.6 Å². The maximum absolute atomic E-state index is 13.0. The predicted octanol–water partition coefficient (Wildman–Crippen LogP) is 3.41. The number of pyridine rings is 1. The Morgan fingerprint density at radius 1 is 1.22 bits per heavy atom. The molecule has 1 aromatic carbocycles. The summed E-state index contributed by atoms with van der Waals surface area (Å²) in [7, 11) is 0. The summed E-state index contributed by atoms with van der Waals surface area (Å²) in [6.45, 7) is 10.8. The number of amides is 1. The average molecular weight is 436 g/mol. The van der Waals surface area contributed by atoms with E-state index >= 15 is 0 Å². The number of hydrogen-bond donors (Lipinski definition) is 1. The number of Topliss-reactive ketones (excluding diaryl/α,β-unsaturated/α-hetero) is 1. The summed E-state index contributed by atoms with van der Waals surface area (Å²) < 4.78 is 5.48. The van der Waals surface area contributed by atoms with Crippen molar-refractivity contribution in [2.75, 3.05) is 32.8 Å². The van der Waals surface area contributed by atoms with Crippen LogP contribution in [0.25, 0.3) is 5.76 Å². The molecule has 1 aliphatic heterocycles. The van der Waals surface area contributed by atoms with Gasteiger partial charge in [-0.25, -0.2) is 0 Å². The number of ether oxygens (including phenoxy) is 1. The molecule has 1 N–H and O–H groups in total. The SMILES string of the molecule is C=CCOc1ccc(C(O)=C2C(=O)C(=O)N(CCN(CC)CC)[C@@H]2c2cccnc2)cc1. The second kappa shape index (κ2) is 10.7. The second-order valence-electron chi connectivity index (χ2n) is 7.43. The van der Waals surface area contributed by atoms with E-state index in [1.807, 2.05) is 6.07 Å². The van der Waals surface area contributed by atoms with E-state index in [2.05, 4.69) is 30.3 Å². The van der Waals surface area contributed by atoms with Crippen molar-refractivity contribution in [1.29, 1.82) is 0 Å². The minimum atomic E-state index is -0.698. The van der Waals surface area contributed by atoms with E-state index in [1.165, 1.54) is 4.90 Å². The Labute approximate surface area is 188 Å². The topological polar surface area (TPSA) is 83.0 Å². The normalized spacial score (nSPS) is 17.7. The van der Waals surface area contributed by atoms with Crippen LogP contribution in [-0.4, -0.2) is 64.4 Å². The first-order valence-electron chi connectivity index (χ1n) is 10.8. The van der Waals surface area contributed by atoms with Gasteiger partial charge in [-0.1, -0.05) is 32.6 Å². The summed E-state index contributed by atoms with van der Waals surface area (Å²) in [4.78, 5) is 33.9. The first kappa shape index (κ1) is 23.2. The van der Waals surface area contributed by atoms with Gasteiger partial charge in [-0.3, -0.25) is 14.6 Å². The number of hydrogen-bond acceptors (Lipinski definition) is 6. The maximum Gasteiger partial charge on any atom is 0.295 e. The molecule has 1 fully saturated rings. The summed E-state index contributed by atoms with van der Waals surface area (Å²) >= 11 is 0. The third-order valence-electron chi connectivity index (χ3n) is 5.59. The monoisotopic (exact) mass is 435 g/mol. The van der Waals surface area contributed by atoms with E-state index in [-0.39, 0.29) is 11.3 Å². The largest absolute Gasteiger partial charge is 0.507 e. The molecule has 1 aliphatic rings. The number of benzene rings is 1. The van der Waals surface area contributed by atoms with Crippen LogP contribution in [0.5, 0.6) is 5.75 Å². The highest BCUT2D eigenvalue weighted by molar-refractivity contribution is 6.46. The zero-order chi connectivity index (χ0) is 23.1. The lowest BCUT2D eigenvalue weighted by molar-refractivity contribution is -0.140. The molecule has 0 bridgehead atoms. The second-order valence-corrected chi connectivity index (χ2v) is 7.43. The van der Waals surface area contributed by atoms with Gasteiger partial charge in [-0.05, 0) is 49.0 Å². The number of aliphatic hydroxyl groups excluding tert-OH is 1. The number of aromatic nitrogens is 1. The lowest BCUT2D eigenvalue weighted by Crippen LogP contribution is -2.38. The van der Waals surface area contributed by atoms with Gasteiger partial charge in [-0.15, -0.1) is 0 Å². The molecule has 0 aliphatic carbocycles. The van der Waals surface area contributed by atoms with Crippen molar-refractivity contribution in [3.63, 3.8) is 0 Å². The first-order chi connectivity index (χ1) is 15.5. The Kier molecular flexibility index (Phi) is 7.78. The predicted molar refractivity (Wildman–Crippen MR) is 123 cm³/mol. The number of rotatable bonds is 10. The van der Waals surface area contributed by atoms with Gasteiger partial charge in [0.25, 0.3) is 11.7 Å². The van der Waals surface area contributed by atoms with Gasteiger partial charge in [0.2, 0.25) is 0 Å². The van der Waals surface area contributed by atoms with Gasteiger partial charge < -0.3 is 19.6 Å². The zero-order valence-corrected chi connectivity index (χ0v) is 18.5. The number of nitrogens with zero attached hydrogens (tertiary/aromatic N) is 3. The molecule has 1 amide bonds. The summed E-state index contributed by atoms with van der Waals surface area (Å²) in [5.41, 5.74) is 1.19. The van der Waals surface area contributed by atoms with Gasteiger partial charge in [0.05, 0.1) is 11.6 Å². The molecule has 0 unspecified atom stereocenters. The van der Waals surface area contributed by atoms with Crippen molar-refractivity contribution >= 4 is 17.4 Å². The highest BCUT2D eigenvalue weighted by atomic mass is 16.5. The van der Waals surface area contributed by atoms with Crippen LogP contribution in [0.3, 0.4) is 0 Å². The Morgan fingerprint density at radius 2 is 1.94 bits per heavy atom. The molecule has 32 heavy (non-hydrogen) atoms. The number of ketones is 1. The Hall–Kier alpha value is -3.45. The molecule has 1 aromatic heterocycles. The molecule has 1 atom stereocenters. The molecule has 0 saturated carbocycles. The molecular formula is C25H29N3O4.